The number of amides is 2. The molecule has 1 spiro atoms. The van der Waals surface area contributed by atoms with Crippen LogP contribution in [-0.2, 0) is 9.53 Å². The summed E-state index contributed by atoms with van der Waals surface area (Å²) in [4.78, 5) is 28.4. The standard InChI is InChI=1S/C17H27FN2O3S2/c1-16(2,3)23-15(22)20-11-12(18)10-13(20)14(21)19-6-4-17(5-7-19)24-8-9-25-17/h12-13H,4-11H2,1-3H3/t12-,13-/m0/s1. The number of carbonyl (C=O) groups is 2. The van der Waals surface area contributed by atoms with Crippen LogP contribution in [-0.4, -0.2) is 74.8 Å². The molecule has 3 fully saturated rings. The van der Waals surface area contributed by atoms with Gasteiger partial charge in [-0.1, -0.05) is 0 Å². The normalized spacial score (nSPS) is 29.3. The fourth-order valence-electron chi connectivity index (χ4n) is 3.61. The molecule has 3 aliphatic heterocycles. The number of hydrogen-bond acceptors (Lipinski definition) is 5. The van der Waals surface area contributed by atoms with Crippen LogP contribution in [0.15, 0.2) is 0 Å². The molecule has 0 aromatic carbocycles. The van der Waals surface area contributed by atoms with E-state index in [1.165, 1.54) is 16.4 Å². The first-order valence-electron chi connectivity index (χ1n) is 8.89. The van der Waals surface area contributed by atoms with Crippen LogP contribution < -0.4 is 0 Å². The maximum absolute atomic E-state index is 14.0. The van der Waals surface area contributed by atoms with Gasteiger partial charge in [-0.3, -0.25) is 9.69 Å². The number of carbonyl (C=O) groups excluding carboxylic acids is 2. The fourth-order valence-corrected chi connectivity index (χ4v) is 6.79. The second-order valence-electron chi connectivity index (χ2n) is 7.91. The highest BCUT2D eigenvalue weighted by Gasteiger charge is 2.46. The summed E-state index contributed by atoms with van der Waals surface area (Å²) in [5, 5.41) is 0. The Morgan fingerprint density at radius 2 is 1.76 bits per heavy atom. The van der Waals surface area contributed by atoms with Crippen molar-refractivity contribution in [1.82, 2.24) is 9.80 Å². The Morgan fingerprint density at radius 1 is 1.16 bits per heavy atom. The summed E-state index contributed by atoms with van der Waals surface area (Å²) >= 11 is 4.01. The SMILES string of the molecule is CC(C)(C)OC(=O)N1C[C@@H](F)C[C@H]1C(=O)N1CCC2(CC1)SCCS2. The number of piperidine rings is 1. The molecule has 0 N–H and O–H groups in total. The van der Waals surface area contributed by atoms with Crippen LogP contribution in [0.1, 0.15) is 40.0 Å². The van der Waals surface area contributed by atoms with Gasteiger partial charge in [0.25, 0.3) is 0 Å². The van der Waals surface area contributed by atoms with Gasteiger partial charge in [-0.2, -0.15) is 0 Å². The Kier molecular flexibility index (Phi) is 5.49. The van der Waals surface area contributed by atoms with E-state index in [9.17, 15) is 14.0 Å². The van der Waals surface area contributed by atoms with Gasteiger partial charge in [-0.05, 0) is 33.6 Å². The van der Waals surface area contributed by atoms with Crippen LogP contribution in [0.2, 0.25) is 0 Å². The summed E-state index contributed by atoms with van der Waals surface area (Å²) in [6.07, 6.45) is 0.238. The van der Waals surface area contributed by atoms with Crippen LogP contribution in [0.25, 0.3) is 0 Å². The van der Waals surface area contributed by atoms with Crippen molar-refractivity contribution in [3.8, 4) is 0 Å². The lowest BCUT2D eigenvalue weighted by molar-refractivity contribution is -0.136. The van der Waals surface area contributed by atoms with Crippen molar-refractivity contribution in [2.75, 3.05) is 31.1 Å². The summed E-state index contributed by atoms with van der Waals surface area (Å²) < 4.78 is 19.6. The summed E-state index contributed by atoms with van der Waals surface area (Å²) in [6.45, 7) is 6.63. The van der Waals surface area contributed by atoms with Gasteiger partial charge in [0.15, 0.2) is 0 Å². The van der Waals surface area contributed by atoms with Crippen LogP contribution in [0.5, 0.6) is 0 Å². The molecule has 2 atom stereocenters. The first-order chi connectivity index (χ1) is 11.7. The first kappa shape index (κ1) is 19.1. The van der Waals surface area contributed by atoms with Gasteiger partial charge in [0.2, 0.25) is 5.91 Å². The number of rotatable bonds is 1. The third-order valence-corrected chi connectivity index (χ3v) is 8.46. The van der Waals surface area contributed by atoms with Crippen molar-refractivity contribution < 1.29 is 18.7 Å². The van der Waals surface area contributed by atoms with Crippen LogP contribution in [0, 0.1) is 0 Å². The highest BCUT2D eigenvalue weighted by Crippen LogP contribution is 2.50. The molecular formula is C17H27FN2O3S2. The second kappa shape index (κ2) is 7.18. The molecule has 0 unspecified atom stereocenters. The summed E-state index contributed by atoms with van der Waals surface area (Å²) in [7, 11) is 0. The Balaban J connectivity index is 1.63. The van der Waals surface area contributed by atoms with Gasteiger partial charge in [0.1, 0.15) is 17.8 Å². The van der Waals surface area contributed by atoms with Crippen LogP contribution in [0.4, 0.5) is 9.18 Å². The Morgan fingerprint density at radius 3 is 2.32 bits per heavy atom. The molecule has 0 aromatic rings. The molecule has 3 aliphatic rings. The lowest BCUT2D eigenvalue weighted by Gasteiger charge is -2.39. The average Bonchev–Trinajstić information content (AvgIpc) is 3.13. The molecule has 3 heterocycles. The van der Waals surface area contributed by atoms with E-state index in [4.69, 9.17) is 4.74 Å². The van der Waals surface area contributed by atoms with Gasteiger partial charge in [-0.25, -0.2) is 9.18 Å². The zero-order valence-electron chi connectivity index (χ0n) is 15.1. The van der Waals surface area contributed by atoms with Crippen molar-refractivity contribution in [1.29, 1.82) is 0 Å². The maximum atomic E-state index is 14.0. The molecule has 2 amide bonds. The van der Waals surface area contributed by atoms with E-state index in [2.05, 4.69) is 0 Å². The van der Waals surface area contributed by atoms with E-state index < -0.39 is 23.9 Å². The maximum Gasteiger partial charge on any atom is 0.411 e. The van der Waals surface area contributed by atoms with Crippen molar-refractivity contribution in [3.05, 3.63) is 0 Å². The summed E-state index contributed by atoms with van der Waals surface area (Å²) in [5.74, 6) is 2.22. The van der Waals surface area contributed by atoms with E-state index in [-0.39, 0.29) is 23.0 Å². The third kappa shape index (κ3) is 4.38. The minimum absolute atomic E-state index is 0.0607. The van der Waals surface area contributed by atoms with Crippen molar-refractivity contribution in [2.24, 2.45) is 0 Å². The van der Waals surface area contributed by atoms with E-state index in [1.54, 1.807) is 20.8 Å². The average molecular weight is 391 g/mol. The molecule has 3 rings (SSSR count). The topological polar surface area (TPSA) is 49.9 Å². The van der Waals surface area contributed by atoms with Crippen molar-refractivity contribution in [3.63, 3.8) is 0 Å². The van der Waals surface area contributed by atoms with Gasteiger partial charge in [0.05, 0.1) is 10.6 Å². The highest BCUT2D eigenvalue weighted by molar-refractivity contribution is 8.21. The highest BCUT2D eigenvalue weighted by atomic mass is 32.2. The molecule has 0 radical (unpaired) electrons. The Labute approximate surface area is 157 Å². The number of likely N-dealkylation sites (tertiary alicyclic amines) is 2. The molecule has 142 valence electrons. The number of alkyl halides is 1. The zero-order chi connectivity index (χ0) is 18.2. The lowest BCUT2D eigenvalue weighted by Crippen LogP contribution is -2.52. The fraction of sp³-hybridized carbons (Fsp3) is 0.882. The number of hydrogen-bond donors (Lipinski definition) is 0. The van der Waals surface area contributed by atoms with Crippen LogP contribution in [0.3, 0.4) is 0 Å². The molecule has 3 saturated heterocycles. The number of nitrogens with zero attached hydrogens (tertiary/aromatic N) is 2. The predicted octanol–water partition coefficient (Wildman–Crippen LogP) is 3.13. The van der Waals surface area contributed by atoms with E-state index in [0.29, 0.717) is 13.1 Å². The van der Waals surface area contributed by atoms with Gasteiger partial charge in [-0.15, -0.1) is 23.5 Å². The lowest BCUT2D eigenvalue weighted by atomic mass is 10.1. The largest absolute Gasteiger partial charge is 0.444 e. The quantitative estimate of drug-likeness (QED) is 0.688. The van der Waals surface area contributed by atoms with Gasteiger partial charge >= 0.3 is 6.09 Å². The molecule has 5 nitrogen and oxygen atoms in total. The molecule has 0 aromatic heterocycles. The number of ether oxygens (including phenoxy) is 1. The summed E-state index contributed by atoms with van der Waals surface area (Å²) in [6, 6.07) is -0.734. The Bertz CT molecular complexity index is 524. The molecule has 25 heavy (non-hydrogen) atoms. The Hall–Kier alpha value is -0.630. The summed E-state index contributed by atoms with van der Waals surface area (Å²) in [5.41, 5.74) is -0.659. The van der Waals surface area contributed by atoms with E-state index in [0.717, 1.165) is 12.8 Å². The first-order valence-corrected chi connectivity index (χ1v) is 10.9. The van der Waals surface area contributed by atoms with Crippen molar-refractivity contribution >= 4 is 35.5 Å². The van der Waals surface area contributed by atoms with Crippen LogP contribution >= 0.6 is 23.5 Å². The predicted molar refractivity (Wildman–Crippen MR) is 99.7 cm³/mol. The van der Waals surface area contributed by atoms with Gasteiger partial charge in [0, 0.05) is 31.0 Å². The monoisotopic (exact) mass is 390 g/mol. The minimum Gasteiger partial charge on any atom is -0.444 e. The second-order valence-corrected chi connectivity index (χ2v) is 11.1. The third-order valence-electron chi connectivity index (χ3n) is 4.81. The molecule has 0 bridgehead atoms. The molecular weight excluding hydrogens is 363 g/mol. The van der Waals surface area contributed by atoms with Gasteiger partial charge < -0.3 is 9.64 Å². The number of thioether (sulfide) groups is 2. The zero-order valence-corrected chi connectivity index (χ0v) is 16.8. The van der Waals surface area contributed by atoms with E-state index in [1.807, 2.05) is 28.4 Å². The van der Waals surface area contributed by atoms with E-state index >= 15 is 0 Å². The number of halogens is 1. The van der Waals surface area contributed by atoms with Crippen molar-refractivity contribution in [2.45, 2.75) is 61.9 Å². The molecule has 0 aliphatic carbocycles. The molecule has 8 heteroatoms. The molecule has 0 saturated carbocycles. The smallest absolute Gasteiger partial charge is 0.411 e. The minimum atomic E-state index is -1.17.